The summed E-state index contributed by atoms with van der Waals surface area (Å²) in [5, 5.41) is 0. The molecule has 1 aromatic carbocycles. The fourth-order valence-electron chi connectivity index (χ4n) is 2.57. The van der Waals surface area contributed by atoms with Crippen LogP contribution in [0.2, 0.25) is 0 Å². The van der Waals surface area contributed by atoms with E-state index in [1.807, 2.05) is 23.9 Å². The number of imidazole rings is 1. The van der Waals surface area contributed by atoms with Gasteiger partial charge in [0.05, 0.1) is 11.0 Å². The van der Waals surface area contributed by atoms with Crippen molar-refractivity contribution in [1.29, 1.82) is 0 Å². The molecule has 0 bridgehead atoms. The first kappa shape index (κ1) is 12.4. The summed E-state index contributed by atoms with van der Waals surface area (Å²) in [5.74, 6) is 0.628. The van der Waals surface area contributed by atoms with Gasteiger partial charge in [-0.05, 0) is 37.3 Å². The molecule has 5 heteroatoms. The monoisotopic (exact) mass is 325 g/mol. The lowest BCUT2D eigenvalue weighted by atomic mass is 9.84. The van der Waals surface area contributed by atoms with E-state index in [0.29, 0.717) is 10.7 Å². The third kappa shape index (κ3) is 1.93. The summed E-state index contributed by atoms with van der Waals surface area (Å²) < 4.78 is 3.60. The topological polar surface area (TPSA) is 43.8 Å². The minimum atomic E-state index is 0.365. The Balaban J connectivity index is 2.05. The van der Waals surface area contributed by atoms with E-state index in [9.17, 15) is 0 Å². The standard InChI is InChI=1S/C13H16BrN3S/c1-18-13(5-2-6-13)8-17-11-7-9(14)3-4-10(11)16-12(17)15/h3-4,7H,2,5-6,8H2,1H3,(H2,15,16). The first-order valence-electron chi connectivity index (χ1n) is 6.10. The molecule has 1 aromatic heterocycles. The molecule has 0 saturated heterocycles. The summed E-state index contributed by atoms with van der Waals surface area (Å²) in [6, 6.07) is 6.12. The first-order valence-corrected chi connectivity index (χ1v) is 8.12. The minimum absolute atomic E-state index is 0.365. The summed E-state index contributed by atoms with van der Waals surface area (Å²) in [4.78, 5) is 4.44. The van der Waals surface area contributed by atoms with Gasteiger partial charge in [-0.3, -0.25) is 0 Å². The molecular weight excluding hydrogens is 310 g/mol. The van der Waals surface area contributed by atoms with Crippen molar-refractivity contribution in [2.45, 2.75) is 30.6 Å². The SMILES string of the molecule is CSC1(Cn2c(N)nc3ccc(Br)cc32)CCC1. The van der Waals surface area contributed by atoms with Crippen molar-refractivity contribution in [3.63, 3.8) is 0 Å². The summed E-state index contributed by atoms with van der Waals surface area (Å²) >= 11 is 5.48. The van der Waals surface area contributed by atoms with Crippen molar-refractivity contribution < 1.29 is 0 Å². The molecule has 0 amide bonds. The molecule has 3 nitrogen and oxygen atoms in total. The zero-order valence-electron chi connectivity index (χ0n) is 10.3. The van der Waals surface area contributed by atoms with Crippen molar-refractivity contribution in [3.05, 3.63) is 22.7 Å². The van der Waals surface area contributed by atoms with E-state index in [2.05, 4.69) is 37.8 Å². The molecule has 18 heavy (non-hydrogen) atoms. The molecule has 3 rings (SSSR count). The number of nitrogens with zero attached hydrogens (tertiary/aromatic N) is 2. The second kappa shape index (κ2) is 4.46. The Labute approximate surface area is 119 Å². The van der Waals surface area contributed by atoms with E-state index in [4.69, 9.17) is 5.73 Å². The van der Waals surface area contributed by atoms with E-state index in [1.165, 1.54) is 19.3 Å². The maximum Gasteiger partial charge on any atom is 0.201 e. The average molecular weight is 326 g/mol. The molecule has 1 aliphatic rings. The van der Waals surface area contributed by atoms with E-state index in [-0.39, 0.29) is 0 Å². The van der Waals surface area contributed by atoms with Crippen molar-refractivity contribution in [3.8, 4) is 0 Å². The maximum atomic E-state index is 6.07. The fraction of sp³-hybridized carbons (Fsp3) is 0.462. The Bertz CT molecular complexity index is 584. The molecule has 0 spiro atoms. The number of nitrogen functional groups attached to an aromatic ring is 1. The third-order valence-corrected chi connectivity index (χ3v) is 5.78. The molecule has 1 heterocycles. The van der Waals surface area contributed by atoms with Crippen LogP contribution in [-0.4, -0.2) is 20.6 Å². The summed E-state index contributed by atoms with van der Waals surface area (Å²) in [6.07, 6.45) is 6.09. The fourth-order valence-corrected chi connectivity index (χ4v) is 3.87. The molecule has 0 unspecified atom stereocenters. The van der Waals surface area contributed by atoms with Gasteiger partial charge in [-0.25, -0.2) is 4.98 Å². The smallest absolute Gasteiger partial charge is 0.201 e. The van der Waals surface area contributed by atoms with E-state index in [1.54, 1.807) is 0 Å². The minimum Gasteiger partial charge on any atom is -0.369 e. The number of hydrogen-bond donors (Lipinski definition) is 1. The number of thioether (sulfide) groups is 1. The highest BCUT2D eigenvalue weighted by atomic mass is 79.9. The lowest BCUT2D eigenvalue weighted by Gasteiger charge is -2.40. The van der Waals surface area contributed by atoms with Gasteiger partial charge in [-0.1, -0.05) is 22.4 Å². The summed E-state index contributed by atoms with van der Waals surface area (Å²) in [6.45, 7) is 0.965. The van der Waals surface area contributed by atoms with Crippen molar-refractivity contribution in [2.24, 2.45) is 0 Å². The van der Waals surface area contributed by atoms with Crippen LogP contribution in [0.5, 0.6) is 0 Å². The van der Waals surface area contributed by atoms with Crippen LogP contribution in [0.15, 0.2) is 22.7 Å². The van der Waals surface area contributed by atoms with Gasteiger partial charge in [0, 0.05) is 15.8 Å². The Morgan fingerprint density at radius 1 is 1.50 bits per heavy atom. The summed E-state index contributed by atoms with van der Waals surface area (Å²) in [5.41, 5.74) is 8.18. The number of hydrogen-bond acceptors (Lipinski definition) is 3. The molecule has 96 valence electrons. The zero-order chi connectivity index (χ0) is 12.8. The molecular formula is C13H16BrN3S. The lowest BCUT2D eigenvalue weighted by Crippen LogP contribution is -2.38. The number of fused-ring (bicyclic) bond motifs is 1. The second-order valence-electron chi connectivity index (χ2n) is 4.93. The molecule has 0 aliphatic heterocycles. The second-order valence-corrected chi connectivity index (χ2v) is 7.12. The Morgan fingerprint density at radius 3 is 2.89 bits per heavy atom. The maximum absolute atomic E-state index is 6.07. The van der Waals surface area contributed by atoms with E-state index >= 15 is 0 Å². The van der Waals surface area contributed by atoms with Gasteiger partial charge >= 0.3 is 0 Å². The van der Waals surface area contributed by atoms with Gasteiger partial charge in [-0.15, -0.1) is 0 Å². The highest BCUT2D eigenvalue weighted by Gasteiger charge is 2.37. The largest absolute Gasteiger partial charge is 0.369 e. The lowest BCUT2D eigenvalue weighted by molar-refractivity contribution is 0.326. The Hall–Kier alpha value is -0.680. The van der Waals surface area contributed by atoms with Crippen LogP contribution in [0.25, 0.3) is 11.0 Å². The number of aromatic nitrogens is 2. The normalized spacial score (nSPS) is 17.9. The summed E-state index contributed by atoms with van der Waals surface area (Å²) in [7, 11) is 0. The Kier molecular flexibility index (Phi) is 3.06. The van der Waals surface area contributed by atoms with Crippen LogP contribution in [0, 0.1) is 0 Å². The van der Waals surface area contributed by atoms with Gasteiger partial charge in [0.15, 0.2) is 0 Å². The van der Waals surface area contributed by atoms with Gasteiger partial charge < -0.3 is 10.3 Å². The number of benzene rings is 1. The van der Waals surface area contributed by atoms with Crippen molar-refractivity contribution >= 4 is 44.7 Å². The molecule has 1 saturated carbocycles. The van der Waals surface area contributed by atoms with Crippen LogP contribution >= 0.6 is 27.7 Å². The van der Waals surface area contributed by atoms with E-state index < -0.39 is 0 Å². The zero-order valence-corrected chi connectivity index (χ0v) is 12.7. The van der Waals surface area contributed by atoms with Crippen molar-refractivity contribution in [1.82, 2.24) is 9.55 Å². The van der Waals surface area contributed by atoms with Crippen LogP contribution in [-0.2, 0) is 6.54 Å². The van der Waals surface area contributed by atoms with Crippen LogP contribution in [0.3, 0.4) is 0 Å². The van der Waals surface area contributed by atoms with Crippen LogP contribution in [0.4, 0.5) is 5.95 Å². The molecule has 0 atom stereocenters. The quantitative estimate of drug-likeness (QED) is 0.936. The number of nitrogens with two attached hydrogens (primary N) is 1. The van der Waals surface area contributed by atoms with E-state index in [0.717, 1.165) is 22.1 Å². The predicted molar refractivity (Wildman–Crippen MR) is 81.9 cm³/mol. The predicted octanol–water partition coefficient (Wildman–Crippen LogP) is 3.67. The molecule has 1 fully saturated rings. The molecule has 2 N–H and O–H groups in total. The number of halogens is 1. The van der Waals surface area contributed by atoms with Crippen molar-refractivity contribution in [2.75, 3.05) is 12.0 Å². The number of anilines is 1. The molecule has 0 radical (unpaired) electrons. The first-order chi connectivity index (χ1) is 8.63. The van der Waals surface area contributed by atoms with Crippen LogP contribution in [0.1, 0.15) is 19.3 Å². The van der Waals surface area contributed by atoms with Gasteiger partial charge in [0.2, 0.25) is 5.95 Å². The molecule has 1 aliphatic carbocycles. The number of rotatable bonds is 3. The van der Waals surface area contributed by atoms with Crippen LogP contribution < -0.4 is 5.73 Å². The van der Waals surface area contributed by atoms with Gasteiger partial charge in [0.1, 0.15) is 0 Å². The van der Waals surface area contributed by atoms with Gasteiger partial charge in [0.25, 0.3) is 0 Å². The molecule has 2 aromatic rings. The highest BCUT2D eigenvalue weighted by Crippen LogP contribution is 2.45. The van der Waals surface area contributed by atoms with Gasteiger partial charge in [-0.2, -0.15) is 11.8 Å². The Morgan fingerprint density at radius 2 is 2.28 bits per heavy atom. The highest BCUT2D eigenvalue weighted by molar-refractivity contribution is 9.10. The average Bonchev–Trinajstić information content (AvgIpc) is 2.60. The third-order valence-electron chi connectivity index (χ3n) is 3.88.